The number of carbonyl (C=O) groups is 1. The standard InChI is InChI=1S/C20H23ClN2O4S/c1-27-18-8-10-19(11-9-18)28(25,26)23-12-3-2-7-17(23)14-20(24)22-16-6-4-5-15(21)13-16/h4-6,8-11,13,17H,2-3,7,12,14H2,1H3,(H,22,24)/t17-/m0/s1. The number of piperidine rings is 1. The van der Waals surface area contributed by atoms with E-state index < -0.39 is 10.0 Å². The molecular weight excluding hydrogens is 400 g/mol. The van der Waals surface area contributed by atoms with E-state index >= 15 is 0 Å². The summed E-state index contributed by atoms with van der Waals surface area (Å²) in [5.41, 5.74) is 0.595. The van der Waals surface area contributed by atoms with E-state index in [1.54, 1.807) is 36.4 Å². The lowest BCUT2D eigenvalue weighted by Crippen LogP contribution is -2.45. The van der Waals surface area contributed by atoms with Crippen molar-refractivity contribution in [1.29, 1.82) is 0 Å². The highest BCUT2D eigenvalue weighted by Gasteiger charge is 2.34. The first kappa shape index (κ1) is 20.6. The van der Waals surface area contributed by atoms with Crippen molar-refractivity contribution in [2.24, 2.45) is 0 Å². The highest BCUT2D eigenvalue weighted by atomic mass is 35.5. The summed E-state index contributed by atoms with van der Waals surface area (Å²) < 4.78 is 32.8. The Balaban J connectivity index is 1.74. The molecule has 1 heterocycles. The summed E-state index contributed by atoms with van der Waals surface area (Å²) in [6, 6.07) is 12.8. The van der Waals surface area contributed by atoms with Gasteiger partial charge in [-0.3, -0.25) is 4.79 Å². The molecule has 0 aromatic heterocycles. The molecule has 0 saturated carbocycles. The van der Waals surface area contributed by atoms with Crippen LogP contribution in [0.25, 0.3) is 0 Å². The van der Waals surface area contributed by atoms with Crippen LogP contribution in [0.2, 0.25) is 5.02 Å². The van der Waals surface area contributed by atoms with Crippen molar-refractivity contribution in [3.8, 4) is 5.75 Å². The molecule has 2 aromatic rings. The van der Waals surface area contributed by atoms with Crippen molar-refractivity contribution in [3.05, 3.63) is 53.6 Å². The largest absolute Gasteiger partial charge is 0.497 e. The van der Waals surface area contributed by atoms with Crippen LogP contribution in [0.15, 0.2) is 53.4 Å². The number of benzene rings is 2. The van der Waals surface area contributed by atoms with Crippen molar-refractivity contribution in [2.45, 2.75) is 36.6 Å². The molecule has 0 unspecified atom stereocenters. The monoisotopic (exact) mass is 422 g/mol. The van der Waals surface area contributed by atoms with Crippen molar-refractivity contribution in [3.63, 3.8) is 0 Å². The maximum Gasteiger partial charge on any atom is 0.243 e. The van der Waals surface area contributed by atoms with Gasteiger partial charge in [-0.05, 0) is 55.3 Å². The first-order valence-corrected chi connectivity index (χ1v) is 10.9. The molecule has 0 aliphatic carbocycles. The molecule has 28 heavy (non-hydrogen) atoms. The van der Waals surface area contributed by atoms with E-state index in [2.05, 4.69) is 5.32 Å². The molecule has 150 valence electrons. The zero-order valence-corrected chi connectivity index (χ0v) is 17.2. The topological polar surface area (TPSA) is 75.7 Å². The van der Waals surface area contributed by atoms with Gasteiger partial charge in [-0.2, -0.15) is 4.31 Å². The lowest BCUT2D eigenvalue weighted by molar-refractivity contribution is -0.117. The van der Waals surface area contributed by atoms with Crippen LogP contribution in [0.5, 0.6) is 5.75 Å². The van der Waals surface area contributed by atoms with Crippen molar-refractivity contribution < 1.29 is 17.9 Å². The third kappa shape index (κ3) is 4.84. The van der Waals surface area contributed by atoms with E-state index in [-0.39, 0.29) is 23.3 Å². The van der Waals surface area contributed by atoms with Crippen LogP contribution in [0.1, 0.15) is 25.7 Å². The Bertz CT molecular complexity index is 931. The molecule has 1 atom stereocenters. The van der Waals surface area contributed by atoms with Crippen LogP contribution in [0, 0.1) is 0 Å². The van der Waals surface area contributed by atoms with Gasteiger partial charge in [-0.15, -0.1) is 0 Å². The highest BCUT2D eigenvalue weighted by Crippen LogP contribution is 2.28. The average Bonchev–Trinajstić information content (AvgIpc) is 2.68. The molecule has 0 spiro atoms. The Kier molecular flexibility index (Phi) is 6.59. The fourth-order valence-electron chi connectivity index (χ4n) is 3.37. The minimum Gasteiger partial charge on any atom is -0.497 e. The number of anilines is 1. The van der Waals surface area contributed by atoms with Gasteiger partial charge >= 0.3 is 0 Å². The molecule has 1 aliphatic heterocycles. The molecule has 2 aromatic carbocycles. The van der Waals surface area contributed by atoms with Gasteiger partial charge < -0.3 is 10.1 Å². The second-order valence-electron chi connectivity index (χ2n) is 6.70. The Morgan fingerprint density at radius 1 is 1.21 bits per heavy atom. The van der Waals surface area contributed by atoms with Crippen LogP contribution < -0.4 is 10.1 Å². The highest BCUT2D eigenvalue weighted by molar-refractivity contribution is 7.89. The first-order valence-electron chi connectivity index (χ1n) is 9.11. The number of ether oxygens (including phenoxy) is 1. The Labute approximate surface area is 170 Å². The number of nitrogens with one attached hydrogen (secondary N) is 1. The third-order valence-corrected chi connectivity index (χ3v) is 6.97. The van der Waals surface area contributed by atoms with Crippen LogP contribution in [-0.4, -0.2) is 38.3 Å². The minimum atomic E-state index is -3.68. The summed E-state index contributed by atoms with van der Waals surface area (Å²) in [6.07, 6.45) is 2.42. The van der Waals surface area contributed by atoms with Crippen molar-refractivity contribution >= 4 is 33.2 Å². The lowest BCUT2D eigenvalue weighted by atomic mass is 10.0. The van der Waals surface area contributed by atoms with E-state index in [0.29, 0.717) is 29.4 Å². The first-order chi connectivity index (χ1) is 13.4. The molecule has 1 saturated heterocycles. The van der Waals surface area contributed by atoms with Gasteiger partial charge in [0.1, 0.15) is 5.75 Å². The zero-order valence-electron chi connectivity index (χ0n) is 15.6. The molecule has 1 fully saturated rings. The number of methoxy groups -OCH3 is 1. The van der Waals surface area contributed by atoms with E-state index in [9.17, 15) is 13.2 Å². The molecule has 0 radical (unpaired) electrons. The lowest BCUT2D eigenvalue weighted by Gasteiger charge is -2.34. The maximum absolute atomic E-state index is 13.1. The van der Waals surface area contributed by atoms with Crippen molar-refractivity contribution in [2.75, 3.05) is 19.0 Å². The van der Waals surface area contributed by atoms with Gasteiger partial charge in [-0.25, -0.2) is 8.42 Å². The second kappa shape index (κ2) is 8.94. The van der Waals surface area contributed by atoms with Gasteiger partial charge in [0.2, 0.25) is 15.9 Å². The second-order valence-corrected chi connectivity index (χ2v) is 9.03. The van der Waals surface area contributed by atoms with E-state index in [4.69, 9.17) is 16.3 Å². The number of carbonyl (C=O) groups excluding carboxylic acids is 1. The maximum atomic E-state index is 13.1. The minimum absolute atomic E-state index is 0.0991. The number of halogens is 1. The van der Waals surface area contributed by atoms with Gasteiger partial charge in [0.25, 0.3) is 0 Å². The molecular formula is C20H23ClN2O4S. The molecule has 8 heteroatoms. The molecule has 3 rings (SSSR count). The summed E-state index contributed by atoms with van der Waals surface area (Å²) >= 11 is 5.94. The van der Waals surface area contributed by atoms with Crippen molar-refractivity contribution in [1.82, 2.24) is 4.31 Å². The number of hydrogen-bond donors (Lipinski definition) is 1. The van der Waals surface area contributed by atoms with Crippen LogP contribution in [0.3, 0.4) is 0 Å². The molecule has 1 N–H and O–H groups in total. The van der Waals surface area contributed by atoms with Crippen LogP contribution >= 0.6 is 11.6 Å². The number of sulfonamides is 1. The van der Waals surface area contributed by atoms with E-state index in [1.165, 1.54) is 23.5 Å². The summed E-state index contributed by atoms with van der Waals surface area (Å²) in [7, 11) is -2.15. The number of amides is 1. The van der Waals surface area contributed by atoms with Gasteiger partial charge in [-0.1, -0.05) is 24.1 Å². The van der Waals surface area contributed by atoms with Crippen LogP contribution in [0.4, 0.5) is 5.69 Å². The number of rotatable bonds is 6. The summed E-state index contributed by atoms with van der Waals surface area (Å²) in [6.45, 7) is 0.406. The molecule has 0 bridgehead atoms. The predicted molar refractivity (Wildman–Crippen MR) is 109 cm³/mol. The smallest absolute Gasteiger partial charge is 0.243 e. The Morgan fingerprint density at radius 3 is 2.64 bits per heavy atom. The Hall–Kier alpha value is -2.09. The summed E-state index contributed by atoms with van der Waals surface area (Å²) in [4.78, 5) is 12.7. The third-order valence-electron chi connectivity index (χ3n) is 4.77. The SMILES string of the molecule is COc1ccc(S(=O)(=O)N2CCCC[C@H]2CC(=O)Nc2cccc(Cl)c2)cc1. The Morgan fingerprint density at radius 2 is 1.96 bits per heavy atom. The fourth-order valence-corrected chi connectivity index (χ4v) is 5.25. The summed E-state index contributed by atoms with van der Waals surface area (Å²) in [5, 5.41) is 3.32. The number of hydrogen-bond acceptors (Lipinski definition) is 4. The average molecular weight is 423 g/mol. The molecule has 1 aliphatic rings. The predicted octanol–water partition coefficient (Wildman–Crippen LogP) is 3.92. The number of nitrogens with zero attached hydrogens (tertiary/aromatic N) is 1. The normalized spacial score (nSPS) is 17.9. The van der Waals surface area contributed by atoms with E-state index in [1.807, 2.05) is 0 Å². The summed E-state index contributed by atoms with van der Waals surface area (Å²) in [5.74, 6) is 0.360. The molecule has 6 nitrogen and oxygen atoms in total. The van der Waals surface area contributed by atoms with Gasteiger partial charge in [0.05, 0.1) is 12.0 Å². The quantitative estimate of drug-likeness (QED) is 0.765. The van der Waals surface area contributed by atoms with E-state index in [0.717, 1.165) is 12.8 Å². The van der Waals surface area contributed by atoms with Gasteiger partial charge in [0.15, 0.2) is 0 Å². The molecule has 1 amide bonds. The fraction of sp³-hybridized carbons (Fsp3) is 0.350. The zero-order chi connectivity index (χ0) is 20.1. The van der Waals surface area contributed by atoms with Gasteiger partial charge in [0, 0.05) is 29.7 Å². The van der Waals surface area contributed by atoms with Crippen LogP contribution in [-0.2, 0) is 14.8 Å².